The zero-order valence-corrected chi connectivity index (χ0v) is 12.0. The van der Waals surface area contributed by atoms with Gasteiger partial charge in [0.05, 0.1) is 6.10 Å². The maximum Gasteiger partial charge on any atom is 0.0826 e. The summed E-state index contributed by atoms with van der Waals surface area (Å²) in [4.78, 5) is 0. The van der Waals surface area contributed by atoms with Crippen molar-refractivity contribution in [3.05, 3.63) is 22.4 Å². The summed E-state index contributed by atoms with van der Waals surface area (Å²) >= 11 is 1.68. The maximum atomic E-state index is 10.3. The van der Waals surface area contributed by atoms with Gasteiger partial charge in [-0.05, 0) is 65.3 Å². The number of rotatable bonds is 2. The number of aliphatic hydroxyl groups excluding tert-OH is 1. The van der Waals surface area contributed by atoms with Crippen molar-refractivity contribution in [3.8, 4) is 0 Å². The van der Waals surface area contributed by atoms with Crippen LogP contribution in [-0.2, 0) is 0 Å². The summed E-state index contributed by atoms with van der Waals surface area (Å²) in [6, 6.07) is 2.06. The number of hydrogen-bond acceptors (Lipinski definition) is 2. The molecule has 2 heteroatoms. The molecule has 1 atom stereocenters. The number of aliphatic hydroxyl groups is 1. The van der Waals surface area contributed by atoms with Gasteiger partial charge in [0, 0.05) is 0 Å². The molecule has 17 heavy (non-hydrogen) atoms. The second-order valence-electron chi connectivity index (χ2n) is 6.48. The summed E-state index contributed by atoms with van der Waals surface area (Å²) in [5, 5.41) is 14.5. The van der Waals surface area contributed by atoms with Crippen molar-refractivity contribution in [2.24, 2.45) is 17.3 Å². The molecule has 1 N–H and O–H groups in total. The molecule has 2 rings (SSSR count). The highest BCUT2D eigenvalue weighted by Crippen LogP contribution is 2.43. The van der Waals surface area contributed by atoms with E-state index in [2.05, 4.69) is 37.6 Å². The first kappa shape index (κ1) is 13.1. The lowest BCUT2D eigenvalue weighted by atomic mass is 9.68. The van der Waals surface area contributed by atoms with Crippen LogP contribution in [0.3, 0.4) is 0 Å². The molecule has 0 spiro atoms. The maximum absolute atomic E-state index is 10.3. The molecule has 96 valence electrons. The van der Waals surface area contributed by atoms with Gasteiger partial charge in [-0.25, -0.2) is 0 Å². The van der Waals surface area contributed by atoms with Crippen molar-refractivity contribution in [1.82, 2.24) is 0 Å². The van der Waals surface area contributed by atoms with Gasteiger partial charge in [-0.15, -0.1) is 0 Å². The Kier molecular flexibility index (Phi) is 3.94. The van der Waals surface area contributed by atoms with Crippen molar-refractivity contribution >= 4 is 11.3 Å². The van der Waals surface area contributed by atoms with Crippen LogP contribution < -0.4 is 0 Å². The average molecular weight is 252 g/mol. The van der Waals surface area contributed by atoms with E-state index in [0.717, 1.165) is 11.5 Å². The monoisotopic (exact) mass is 252 g/mol. The number of hydrogen-bond donors (Lipinski definition) is 1. The van der Waals surface area contributed by atoms with Crippen LogP contribution in [0.15, 0.2) is 16.8 Å². The third-order valence-corrected chi connectivity index (χ3v) is 5.03. The predicted octanol–water partition coefficient (Wildman–Crippen LogP) is 4.63. The Morgan fingerprint density at radius 3 is 2.35 bits per heavy atom. The average Bonchev–Trinajstić information content (AvgIpc) is 2.80. The third-order valence-electron chi connectivity index (χ3n) is 4.33. The molecule has 1 fully saturated rings. The van der Waals surface area contributed by atoms with Crippen LogP contribution in [-0.4, -0.2) is 5.11 Å². The molecule has 0 amide bonds. The Morgan fingerprint density at radius 2 is 1.88 bits per heavy atom. The second kappa shape index (κ2) is 5.11. The lowest BCUT2D eigenvalue weighted by Crippen LogP contribution is -2.28. The quantitative estimate of drug-likeness (QED) is 0.813. The molecule has 1 saturated carbocycles. The zero-order valence-electron chi connectivity index (χ0n) is 11.1. The van der Waals surface area contributed by atoms with Gasteiger partial charge in [-0.1, -0.05) is 20.8 Å². The van der Waals surface area contributed by atoms with E-state index in [4.69, 9.17) is 0 Å². The summed E-state index contributed by atoms with van der Waals surface area (Å²) in [5.41, 5.74) is 1.55. The van der Waals surface area contributed by atoms with Gasteiger partial charge >= 0.3 is 0 Å². The normalized spacial score (nSPS) is 28.0. The molecule has 1 heterocycles. The molecule has 0 aliphatic heterocycles. The molecule has 1 unspecified atom stereocenters. The fourth-order valence-corrected chi connectivity index (χ4v) is 3.71. The molecular formula is C15H24OS. The van der Waals surface area contributed by atoms with Gasteiger partial charge in [0.2, 0.25) is 0 Å². The third kappa shape index (κ3) is 3.11. The first-order valence-corrected chi connectivity index (χ1v) is 7.63. The summed E-state index contributed by atoms with van der Waals surface area (Å²) in [6.07, 6.45) is 4.67. The predicted molar refractivity (Wildman–Crippen MR) is 74.2 cm³/mol. The first-order chi connectivity index (χ1) is 7.98. The molecule has 1 aromatic heterocycles. The van der Waals surface area contributed by atoms with Gasteiger partial charge in [-0.3, -0.25) is 0 Å². The van der Waals surface area contributed by atoms with Crippen LogP contribution in [0.2, 0.25) is 0 Å². The Hall–Kier alpha value is -0.340. The minimum Gasteiger partial charge on any atom is -0.388 e. The Balaban J connectivity index is 1.91. The topological polar surface area (TPSA) is 20.2 Å². The van der Waals surface area contributed by atoms with E-state index in [1.807, 2.05) is 0 Å². The molecule has 1 nitrogen and oxygen atoms in total. The Labute approximate surface area is 109 Å². The van der Waals surface area contributed by atoms with Crippen molar-refractivity contribution in [3.63, 3.8) is 0 Å². The molecule has 0 saturated heterocycles. The molecule has 1 aliphatic rings. The molecule has 1 aromatic rings. The molecule has 0 radical (unpaired) electrons. The van der Waals surface area contributed by atoms with E-state index < -0.39 is 0 Å². The van der Waals surface area contributed by atoms with Crippen LogP contribution in [0.4, 0.5) is 0 Å². The van der Waals surface area contributed by atoms with Gasteiger partial charge in [0.15, 0.2) is 0 Å². The van der Waals surface area contributed by atoms with Crippen molar-refractivity contribution in [1.29, 1.82) is 0 Å². The minimum absolute atomic E-state index is 0.234. The smallest absolute Gasteiger partial charge is 0.0826 e. The van der Waals surface area contributed by atoms with Crippen LogP contribution in [0.5, 0.6) is 0 Å². The molecular weight excluding hydrogens is 228 g/mol. The lowest BCUT2D eigenvalue weighted by Gasteiger charge is -2.38. The van der Waals surface area contributed by atoms with E-state index in [1.165, 1.54) is 25.7 Å². The fourth-order valence-electron chi connectivity index (χ4n) is 3.02. The summed E-state index contributed by atoms with van der Waals surface area (Å²) < 4.78 is 0. The van der Waals surface area contributed by atoms with Gasteiger partial charge in [0.25, 0.3) is 0 Å². The summed E-state index contributed by atoms with van der Waals surface area (Å²) in [5.74, 6) is 1.30. The molecule has 0 bridgehead atoms. The SMILES string of the molecule is CC(C)(C)C1CCC(C(O)c2ccsc2)CC1. The molecule has 1 aliphatic carbocycles. The Bertz CT molecular complexity index is 328. The Morgan fingerprint density at radius 1 is 1.24 bits per heavy atom. The fraction of sp³-hybridized carbons (Fsp3) is 0.733. The summed E-state index contributed by atoms with van der Waals surface area (Å²) in [7, 11) is 0. The first-order valence-electron chi connectivity index (χ1n) is 6.68. The van der Waals surface area contributed by atoms with Gasteiger partial charge in [-0.2, -0.15) is 11.3 Å². The summed E-state index contributed by atoms with van der Waals surface area (Å²) in [6.45, 7) is 7.02. The number of thiophene rings is 1. The highest BCUT2D eigenvalue weighted by molar-refractivity contribution is 7.07. The van der Waals surface area contributed by atoms with Gasteiger partial charge in [0.1, 0.15) is 0 Å². The molecule has 0 aromatic carbocycles. The van der Waals surface area contributed by atoms with Crippen molar-refractivity contribution < 1.29 is 5.11 Å². The van der Waals surface area contributed by atoms with E-state index in [-0.39, 0.29) is 6.10 Å². The van der Waals surface area contributed by atoms with Crippen molar-refractivity contribution in [2.75, 3.05) is 0 Å². The van der Waals surface area contributed by atoms with E-state index in [0.29, 0.717) is 11.3 Å². The van der Waals surface area contributed by atoms with Crippen LogP contribution >= 0.6 is 11.3 Å². The van der Waals surface area contributed by atoms with E-state index in [1.54, 1.807) is 11.3 Å². The van der Waals surface area contributed by atoms with E-state index >= 15 is 0 Å². The zero-order chi connectivity index (χ0) is 12.5. The highest BCUT2D eigenvalue weighted by Gasteiger charge is 2.32. The lowest BCUT2D eigenvalue weighted by molar-refractivity contribution is 0.0531. The second-order valence-corrected chi connectivity index (χ2v) is 7.26. The van der Waals surface area contributed by atoms with Crippen LogP contribution in [0, 0.1) is 17.3 Å². The largest absolute Gasteiger partial charge is 0.388 e. The van der Waals surface area contributed by atoms with Crippen LogP contribution in [0.1, 0.15) is 58.1 Å². The minimum atomic E-state index is -0.234. The van der Waals surface area contributed by atoms with E-state index in [9.17, 15) is 5.11 Å². The van der Waals surface area contributed by atoms with Crippen molar-refractivity contribution in [2.45, 2.75) is 52.6 Å². The van der Waals surface area contributed by atoms with Gasteiger partial charge < -0.3 is 5.11 Å². The van der Waals surface area contributed by atoms with Crippen LogP contribution in [0.25, 0.3) is 0 Å². The standard InChI is InChI=1S/C15H24OS/c1-15(2,3)13-6-4-11(5-7-13)14(16)12-8-9-17-10-12/h8-11,13-14,16H,4-7H2,1-3H3. The highest BCUT2D eigenvalue weighted by atomic mass is 32.1.